The molecule has 0 aromatic carbocycles. The number of carboxylic acids is 1. The van der Waals surface area contributed by atoms with E-state index in [0.29, 0.717) is 0 Å². The average molecular weight is 201 g/mol. The molecule has 5 N–H and O–H groups in total. The number of nitrogens with zero attached hydrogens (tertiary/aromatic N) is 1. The van der Waals surface area contributed by atoms with Crippen molar-refractivity contribution in [2.45, 2.75) is 26.8 Å². The molecule has 80 valence electrons. The second-order valence-electron chi connectivity index (χ2n) is 3.99. The molecule has 14 heavy (non-hydrogen) atoms. The molecule has 6 heteroatoms. The van der Waals surface area contributed by atoms with Crippen LogP contribution in [0.25, 0.3) is 0 Å². The van der Waals surface area contributed by atoms with Crippen molar-refractivity contribution < 1.29 is 14.7 Å². The Hall–Kier alpha value is -1.59. The van der Waals surface area contributed by atoms with E-state index in [1.165, 1.54) is 0 Å². The number of nitrogens with two attached hydrogens (primary N) is 2. The highest BCUT2D eigenvalue weighted by Crippen LogP contribution is 2.23. The van der Waals surface area contributed by atoms with E-state index in [4.69, 9.17) is 16.6 Å². The molecule has 0 fully saturated rings. The van der Waals surface area contributed by atoms with Gasteiger partial charge in [-0.3, -0.25) is 4.79 Å². The van der Waals surface area contributed by atoms with Gasteiger partial charge in [-0.05, 0) is 5.41 Å². The predicted octanol–water partition coefficient (Wildman–Crippen LogP) is -0.672. The lowest BCUT2D eigenvalue weighted by Gasteiger charge is -2.24. The van der Waals surface area contributed by atoms with Crippen molar-refractivity contribution in [2.75, 3.05) is 0 Å². The standard InChI is InChI=1S/C8H15N3O3/c1-8(2,3)5(11-7(9)10)4(12)6(13)14/h5H,1-3H3,(H,13,14)(H4,9,10,11). The zero-order chi connectivity index (χ0) is 11.5. The van der Waals surface area contributed by atoms with Gasteiger partial charge >= 0.3 is 5.97 Å². The summed E-state index contributed by atoms with van der Waals surface area (Å²) in [6.45, 7) is 5.06. The lowest BCUT2D eigenvalue weighted by Crippen LogP contribution is -2.40. The van der Waals surface area contributed by atoms with Gasteiger partial charge in [-0.2, -0.15) is 0 Å². The number of carboxylic acid groups (broad SMARTS) is 1. The van der Waals surface area contributed by atoms with E-state index in [9.17, 15) is 9.59 Å². The summed E-state index contributed by atoms with van der Waals surface area (Å²) in [7, 11) is 0. The summed E-state index contributed by atoms with van der Waals surface area (Å²) >= 11 is 0. The lowest BCUT2D eigenvalue weighted by molar-refractivity contribution is -0.150. The number of Topliss-reactive ketones (excluding diaryl/α,β-unsaturated/α-hetero) is 1. The maximum atomic E-state index is 11.2. The fraction of sp³-hybridized carbons (Fsp3) is 0.625. The third-order valence-corrected chi connectivity index (χ3v) is 1.56. The first kappa shape index (κ1) is 12.4. The highest BCUT2D eigenvalue weighted by atomic mass is 16.4. The second kappa shape index (κ2) is 4.08. The molecule has 1 unspecified atom stereocenters. The Morgan fingerprint density at radius 1 is 1.29 bits per heavy atom. The molecule has 0 aliphatic rings. The van der Waals surface area contributed by atoms with Gasteiger partial charge in [0.15, 0.2) is 5.96 Å². The SMILES string of the molecule is CC(C)(C)C(N=C(N)N)C(=O)C(=O)O. The van der Waals surface area contributed by atoms with Crippen molar-refractivity contribution in [1.29, 1.82) is 0 Å². The van der Waals surface area contributed by atoms with Crippen molar-refractivity contribution in [3.63, 3.8) is 0 Å². The first-order valence-corrected chi connectivity index (χ1v) is 4.02. The molecule has 0 saturated carbocycles. The molecule has 0 saturated heterocycles. The summed E-state index contributed by atoms with van der Waals surface area (Å²) in [5.41, 5.74) is 9.60. The van der Waals surface area contributed by atoms with E-state index in [1.807, 2.05) is 0 Å². The van der Waals surface area contributed by atoms with E-state index in [0.717, 1.165) is 0 Å². The summed E-state index contributed by atoms with van der Waals surface area (Å²) in [6.07, 6.45) is 0. The Balaban J connectivity index is 5.03. The number of carbonyl (C=O) groups is 2. The molecule has 0 rings (SSSR count). The third kappa shape index (κ3) is 3.42. The normalized spacial score (nSPS) is 13.1. The van der Waals surface area contributed by atoms with Gasteiger partial charge in [0, 0.05) is 0 Å². The maximum absolute atomic E-state index is 11.2. The van der Waals surface area contributed by atoms with Crippen LogP contribution >= 0.6 is 0 Å². The monoisotopic (exact) mass is 201 g/mol. The topological polar surface area (TPSA) is 119 Å². The van der Waals surface area contributed by atoms with Crippen molar-refractivity contribution in [3.05, 3.63) is 0 Å². The van der Waals surface area contributed by atoms with E-state index in [2.05, 4.69) is 4.99 Å². The molecule has 0 spiro atoms. The van der Waals surface area contributed by atoms with Crippen LogP contribution in [0.1, 0.15) is 20.8 Å². The third-order valence-electron chi connectivity index (χ3n) is 1.56. The molecular formula is C8H15N3O3. The minimum absolute atomic E-state index is 0.292. The molecule has 0 aromatic rings. The first-order chi connectivity index (χ1) is 6.16. The Morgan fingerprint density at radius 3 is 1.93 bits per heavy atom. The molecule has 0 aromatic heterocycles. The molecule has 0 aliphatic carbocycles. The summed E-state index contributed by atoms with van der Waals surface area (Å²) < 4.78 is 0. The zero-order valence-electron chi connectivity index (χ0n) is 8.44. The average Bonchev–Trinajstić information content (AvgIpc) is 1.96. The molecule has 6 nitrogen and oxygen atoms in total. The summed E-state index contributed by atoms with van der Waals surface area (Å²) in [5.74, 6) is -2.83. The van der Waals surface area contributed by atoms with E-state index in [1.54, 1.807) is 20.8 Å². The number of hydrogen-bond acceptors (Lipinski definition) is 3. The molecular weight excluding hydrogens is 186 g/mol. The largest absolute Gasteiger partial charge is 0.475 e. The smallest absolute Gasteiger partial charge is 0.374 e. The van der Waals surface area contributed by atoms with Gasteiger partial charge in [0.25, 0.3) is 5.78 Å². The quantitative estimate of drug-likeness (QED) is 0.318. The zero-order valence-corrected chi connectivity index (χ0v) is 8.44. The van der Waals surface area contributed by atoms with Crippen LogP contribution in [0.5, 0.6) is 0 Å². The summed E-state index contributed by atoms with van der Waals surface area (Å²) in [6, 6.07) is -1.05. The molecule has 0 radical (unpaired) electrons. The van der Waals surface area contributed by atoms with Crippen LogP contribution in [0.15, 0.2) is 4.99 Å². The minimum Gasteiger partial charge on any atom is -0.475 e. The van der Waals surface area contributed by atoms with Crippen molar-refractivity contribution in [1.82, 2.24) is 0 Å². The number of aliphatic carboxylic acids is 1. The van der Waals surface area contributed by atoms with Crippen LogP contribution in [0, 0.1) is 5.41 Å². The van der Waals surface area contributed by atoms with Gasteiger partial charge in [-0.25, -0.2) is 9.79 Å². The molecule has 1 atom stereocenters. The summed E-state index contributed by atoms with van der Waals surface area (Å²) in [4.78, 5) is 25.3. The fourth-order valence-corrected chi connectivity index (χ4v) is 0.912. The molecule has 0 aliphatic heterocycles. The van der Waals surface area contributed by atoms with Gasteiger partial charge in [0.1, 0.15) is 6.04 Å². The van der Waals surface area contributed by atoms with Crippen molar-refractivity contribution >= 4 is 17.7 Å². The number of carbonyl (C=O) groups excluding carboxylic acids is 1. The second-order valence-corrected chi connectivity index (χ2v) is 3.99. The van der Waals surface area contributed by atoms with Gasteiger partial charge in [0.2, 0.25) is 0 Å². The maximum Gasteiger partial charge on any atom is 0.374 e. The van der Waals surface area contributed by atoms with Crippen molar-refractivity contribution in [2.24, 2.45) is 21.9 Å². The Labute approximate surface area is 82.0 Å². The number of hydrogen-bond donors (Lipinski definition) is 3. The Morgan fingerprint density at radius 2 is 1.71 bits per heavy atom. The predicted molar refractivity (Wildman–Crippen MR) is 51.7 cm³/mol. The number of rotatable bonds is 3. The van der Waals surface area contributed by atoms with Crippen LogP contribution in [-0.4, -0.2) is 28.9 Å². The van der Waals surface area contributed by atoms with Gasteiger partial charge in [-0.15, -0.1) is 0 Å². The number of aliphatic imine (C=N–C) groups is 1. The van der Waals surface area contributed by atoms with Crippen LogP contribution in [0.4, 0.5) is 0 Å². The molecule has 0 bridgehead atoms. The highest BCUT2D eigenvalue weighted by Gasteiger charge is 2.35. The highest BCUT2D eigenvalue weighted by molar-refractivity contribution is 6.35. The minimum atomic E-state index is -1.53. The van der Waals surface area contributed by atoms with Gasteiger partial charge in [0.05, 0.1) is 0 Å². The van der Waals surface area contributed by atoms with Gasteiger partial charge < -0.3 is 16.6 Å². The lowest BCUT2D eigenvalue weighted by atomic mass is 9.84. The summed E-state index contributed by atoms with van der Waals surface area (Å²) in [5, 5.41) is 8.53. The number of ketones is 1. The Bertz CT molecular complexity index is 274. The fourth-order valence-electron chi connectivity index (χ4n) is 0.912. The van der Waals surface area contributed by atoms with Crippen molar-refractivity contribution in [3.8, 4) is 0 Å². The van der Waals surface area contributed by atoms with Crippen LogP contribution in [-0.2, 0) is 9.59 Å². The van der Waals surface area contributed by atoms with Crippen LogP contribution < -0.4 is 11.5 Å². The first-order valence-electron chi connectivity index (χ1n) is 4.02. The van der Waals surface area contributed by atoms with Gasteiger partial charge in [-0.1, -0.05) is 20.8 Å². The van der Waals surface area contributed by atoms with Crippen LogP contribution in [0.3, 0.4) is 0 Å². The van der Waals surface area contributed by atoms with E-state index in [-0.39, 0.29) is 5.96 Å². The Kier molecular flexibility index (Phi) is 3.62. The molecule has 0 amide bonds. The van der Waals surface area contributed by atoms with Crippen LogP contribution in [0.2, 0.25) is 0 Å². The molecule has 0 heterocycles. The van der Waals surface area contributed by atoms with E-state index >= 15 is 0 Å². The number of guanidine groups is 1. The van der Waals surface area contributed by atoms with E-state index < -0.39 is 23.2 Å².